The Balaban J connectivity index is 3.81. The van der Waals surface area contributed by atoms with Crippen molar-refractivity contribution in [2.24, 2.45) is 0 Å². The van der Waals surface area contributed by atoms with E-state index in [1.54, 1.807) is 0 Å². The summed E-state index contributed by atoms with van der Waals surface area (Å²) >= 11 is 0. The van der Waals surface area contributed by atoms with Gasteiger partial charge in [0.1, 0.15) is 0 Å². The van der Waals surface area contributed by atoms with Crippen LogP contribution in [0.2, 0.25) is 0 Å². The molecule has 0 fully saturated rings. The van der Waals surface area contributed by atoms with E-state index in [1.807, 2.05) is 20.8 Å². The molecule has 0 bridgehead atoms. The number of hydrogen-bond acceptors (Lipinski definition) is 2. The molecule has 0 rings (SSSR count). The molecule has 0 aromatic carbocycles. The maximum absolute atomic E-state index is 12.8. The summed E-state index contributed by atoms with van der Waals surface area (Å²) in [5.74, 6) is -2.72. The van der Waals surface area contributed by atoms with E-state index < -0.39 is 5.92 Å². The second-order valence-electron chi connectivity index (χ2n) is 3.72. The maximum atomic E-state index is 12.8. The molecule has 0 aliphatic heterocycles. The Bertz CT molecular complexity index is 205. The van der Waals surface area contributed by atoms with Gasteiger partial charge in [-0.2, -0.15) is 0 Å². The van der Waals surface area contributed by atoms with Crippen molar-refractivity contribution < 1.29 is 18.3 Å². The summed E-state index contributed by atoms with van der Waals surface area (Å²) in [6, 6.07) is 0. The van der Waals surface area contributed by atoms with Crippen molar-refractivity contribution in [3.8, 4) is 0 Å². The average Bonchev–Trinajstić information content (AvgIpc) is 2.24. The number of ether oxygens (including phenoxy) is 2. The van der Waals surface area contributed by atoms with Crippen molar-refractivity contribution in [3.63, 3.8) is 0 Å². The van der Waals surface area contributed by atoms with Crippen LogP contribution >= 0.6 is 0 Å². The van der Waals surface area contributed by atoms with Gasteiger partial charge in [0.2, 0.25) is 0 Å². The van der Waals surface area contributed by atoms with Crippen LogP contribution in [-0.4, -0.2) is 31.3 Å². The van der Waals surface area contributed by atoms with Gasteiger partial charge in [0.05, 0.1) is 18.8 Å². The molecule has 0 spiro atoms. The van der Waals surface area contributed by atoms with Gasteiger partial charge in [-0.15, -0.1) is 0 Å². The van der Waals surface area contributed by atoms with Gasteiger partial charge >= 0.3 is 0 Å². The summed E-state index contributed by atoms with van der Waals surface area (Å²) in [6.45, 7) is 7.94. The summed E-state index contributed by atoms with van der Waals surface area (Å²) in [5, 5.41) is 0. The SMILES string of the molecule is CCOC(C)C(C)OC/C=C/C(F)(F)CC. The van der Waals surface area contributed by atoms with Crippen LogP contribution in [-0.2, 0) is 9.47 Å². The van der Waals surface area contributed by atoms with Crippen LogP contribution in [0.5, 0.6) is 0 Å². The van der Waals surface area contributed by atoms with Crippen LogP contribution < -0.4 is 0 Å². The molecule has 0 saturated carbocycles. The first kappa shape index (κ1) is 15.5. The molecular formula is C12H22F2O2. The Morgan fingerprint density at radius 1 is 1.12 bits per heavy atom. The molecule has 0 saturated heterocycles. The van der Waals surface area contributed by atoms with Crippen molar-refractivity contribution in [1.82, 2.24) is 0 Å². The molecule has 0 N–H and O–H groups in total. The predicted octanol–water partition coefficient (Wildman–Crippen LogP) is 3.42. The minimum atomic E-state index is -2.72. The second kappa shape index (κ2) is 7.74. The van der Waals surface area contributed by atoms with Gasteiger partial charge in [-0.05, 0) is 26.8 Å². The highest BCUT2D eigenvalue weighted by Gasteiger charge is 2.21. The van der Waals surface area contributed by atoms with Gasteiger partial charge in [0.15, 0.2) is 0 Å². The Hall–Kier alpha value is -0.480. The molecule has 0 aromatic heterocycles. The summed E-state index contributed by atoms with van der Waals surface area (Å²) in [4.78, 5) is 0. The van der Waals surface area contributed by atoms with Gasteiger partial charge in [-0.1, -0.05) is 13.0 Å². The first-order chi connectivity index (χ1) is 7.43. The Morgan fingerprint density at radius 3 is 2.19 bits per heavy atom. The van der Waals surface area contributed by atoms with Crippen LogP contribution in [0.4, 0.5) is 8.78 Å². The van der Waals surface area contributed by atoms with E-state index in [9.17, 15) is 8.78 Å². The van der Waals surface area contributed by atoms with Crippen LogP contribution in [0.15, 0.2) is 12.2 Å². The highest BCUT2D eigenvalue weighted by Crippen LogP contribution is 2.18. The zero-order chi connectivity index (χ0) is 12.6. The quantitative estimate of drug-likeness (QED) is 0.601. The molecule has 16 heavy (non-hydrogen) atoms. The fourth-order valence-corrected chi connectivity index (χ4v) is 1.08. The van der Waals surface area contributed by atoms with E-state index in [4.69, 9.17) is 9.47 Å². The van der Waals surface area contributed by atoms with E-state index in [2.05, 4.69) is 0 Å². The largest absolute Gasteiger partial charge is 0.376 e. The van der Waals surface area contributed by atoms with Gasteiger partial charge < -0.3 is 9.47 Å². The molecule has 0 heterocycles. The van der Waals surface area contributed by atoms with Crippen molar-refractivity contribution in [2.45, 2.75) is 52.2 Å². The number of allylic oxidation sites excluding steroid dienone is 1. The third kappa shape index (κ3) is 6.90. The minimum Gasteiger partial charge on any atom is -0.376 e. The number of halogens is 2. The lowest BCUT2D eigenvalue weighted by Crippen LogP contribution is -2.26. The van der Waals surface area contributed by atoms with Crippen LogP contribution in [0.1, 0.15) is 34.1 Å². The summed E-state index contributed by atoms with van der Waals surface area (Å²) in [5.41, 5.74) is 0. The first-order valence-electron chi connectivity index (χ1n) is 5.71. The monoisotopic (exact) mass is 236 g/mol. The maximum Gasteiger partial charge on any atom is 0.266 e. The normalized spacial score (nSPS) is 16.6. The zero-order valence-electron chi connectivity index (χ0n) is 10.5. The molecule has 0 radical (unpaired) electrons. The molecule has 2 atom stereocenters. The van der Waals surface area contributed by atoms with Crippen molar-refractivity contribution in [2.75, 3.05) is 13.2 Å². The van der Waals surface area contributed by atoms with Crippen LogP contribution in [0, 0.1) is 0 Å². The Kier molecular flexibility index (Phi) is 7.51. The molecule has 4 heteroatoms. The number of alkyl halides is 2. The van der Waals surface area contributed by atoms with E-state index >= 15 is 0 Å². The first-order valence-corrected chi connectivity index (χ1v) is 5.71. The van der Waals surface area contributed by atoms with Crippen molar-refractivity contribution >= 4 is 0 Å². The smallest absolute Gasteiger partial charge is 0.266 e. The lowest BCUT2D eigenvalue weighted by atomic mass is 10.2. The molecule has 2 nitrogen and oxygen atoms in total. The minimum absolute atomic E-state index is 0.0231. The fourth-order valence-electron chi connectivity index (χ4n) is 1.08. The Labute approximate surface area is 96.6 Å². The van der Waals surface area contributed by atoms with Gasteiger partial charge in [0.25, 0.3) is 5.92 Å². The van der Waals surface area contributed by atoms with E-state index in [0.717, 1.165) is 6.08 Å². The average molecular weight is 236 g/mol. The van der Waals surface area contributed by atoms with Gasteiger partial charge in [-0.25, -0.2) is 8.78 Å². The summed E-state index contributed by atoms with van der Waals surface area (Å²) in [7, 11) is 0. The standard InChI is InChI=1S/C12H22F2O2/c1-5-12(13,14)8-7-9-16-11(4)10(3)15-6-2/h7-8,10-11H,5-6,9H2,1-4H3/b8-7+. The molecule has 0 aromatic rings. The number of rotatable bonds is 8. The lowest BCUT2D eigenvalue weighted by Gasteiger charge is -2.19. The predicted molar refractivity (Wildman–Crippen MR) is 60.9 cm³/mol. The second-order valence-corrected chi connectivity index (χ2v) is 3.72. The fraction of sp³-hybridized carbons (Fsp3) is 0.833. The number of hydrogen-bond donors (Lipinski definition) is 0. The topological polar surface area (TPSA) is 18.5 Å². The Morgan fingerprint density at radius 2 is 1.69 bits per heavy atom. The zero-order valence-corrected chi connectivity index (χ0v) is 10.5. The summed E-state index contributed by atoms with van der Waals surface area (Å²) < 4.78 is 36.3. The molecule has 0 amide bonds. The van der Waals surface area contributed by atoms with Crippen molar-refractivity contribution in [3.05, 3.63) is 12.2 Å². The third-order valence-corrected chi connectivity index (χ3v) is 2.38. The third-order valence-electron chi connectivity index (χ3n) is 2.38. The van der Waals surface area contributed by atoms with E-state index in [1.165, 1.54) is 13.0 Å². The molecule has 0 aliphatic rings. The van der Waals surface area contributed by atoms with Crippen LogP contribution in [0.25, 0.3) is 0 Å². The van der Waals surface area contributed by atoms with Gasteiger partial charge in [0, 0.05) is 13.0 Å². The van der Waals surface area contributed by atoms with E-state index in [0.29, 0.717) is 6.61 Å². The molecular weight excluding hydrogens is 214 g/mol. The van der Waals surface area contributed by atoms with Crippen molar-refractivity contribution in [1.29, 1.82) is 0 Å². The molecule has 0 aliphatic carbocycles. The lowest BCUT2D eigenvalue weighted by molar-refractivity contribution is -0.0449. The van der Waals surface area contributed by atoms with Crippen LogP contribution in [0.3, 0.4) is 0 Å². The summed E-state index contributed by atoms with van der Waals surface area (Å²) in [6.07, 6.45) is 1.95. The van der Waals surface area contributed by atoms with E-state index in [-0.39, 0.29) is 25.2 Å². The molecule has 2 unspecified atom stereocenters. The molecule has 96 valence electrons. The highest BCUT2D eigenvalue weighted by atomic mass is 19.3. The highest BCUT2D eigenvalue weighted by molar-refractivity contribution is 4.94. The van der Waals surface area contributed by atoms with Gasteiger partial charge in [-0.3, -0.25) is 0 Å².